The molecule has 0 radical (unpaired) electrons. The number of pyridine rings is 1. The van der Waals surface area contributed by atoms with Crippen molar-refractivity contribution >= 4 is 22.4 Å². The highest BCUT2D eigenvalue weighted by molar-refractivity contribution is 6.05. The van der Waals surface area contributed by atoms with E-state index in [0.29, 0.717) is 22.6 Å². The molecule has 0 saturated carbocycles. The number of aromatic nitrogens is 1. The Hall–Kier alpha value is -2.54. The Morgan fingerprint density at radius 3 is 2.19 bits per heavy atom. The number of aromatic hydroxyl groups is 1. The monoisotopic (exact) mass is 294 g/mol. The van der Waals surface area contributed by atoms with Crippen molar-refractivity contribution in [3.05, 3.63) is 17.8 Å². The summed E-state index contributed by atoms with van der Waals surface area (Å²) < 4.78 is 10.5. The van der Waals surface area contributed by atoms with Crippen LogP contribution in [-0.2, 0) is 4.79 Å². The first-order chi connectivity index (χ1) is 9.47. The second-order valence-corrected chi connectivity index (χ2v) is 4.33. The van der Waals surface area contributed by atoms with Crippen molar-refractivity contribution in [2.45, 2.75) is 13.8 Å². The maximum Gasteiger partial charge on any atom is 0.236 e. The zero-order chi connectivity index (χ0) is 14.9. The number of fused-ring (bicyclic) bond motifs is 1. The molecule has 1 heterocycles. The molecule has 0 aliphatic heterocycles. The van der Waals surface area contributed by atoms with Crippen LogP contribution in [0.2, 0.25) is 0 Å². The first-order valence-electron chi connectivity index (χ1n) is 6.00. The Morgan fingerprint density at radius 1 is 1.19 bits per heavy atom. The van der Waals surface area contributed by atoms with Crippen molar-refractivity contribution in [1.82, 2.24) is 4.98 Å². The van der Waals surface area contributed by atoms with Crippen LogP contribution in [0.3, 0.4) is 0 Å². The third-order valence-corrected chi connectivity index (χ3v) is 2.98. The molecule has 2 rings (SSSR count). The van der Waals surface area contributed by atoms with Gasteiger partial charge in [0.25, 0.3) is 0 Å². The first-order valence-corrected chi connectivity index (χ1v) is 6.00. The van der Waals surface area contributed by atoms with E-state index in [2.05, 4.69) is 10.3 Å². The molecule has 7 nitrogen and oxygen atoms in total. The number of amides is 1. The summed E-state index contributed by atoms with van der Waals surface area (Å²) in [5, 5.41) is 13.9. The van der Waals surface area contributed by atoms with Crippen LogP contribution in [-0.4, -0.2) is 35.7 Å². The normalized spacial score (nSPS) is 9.90. The first kappa shape index (κ1) is 16.5. The standard InChI is InChI=1S/C14H16N2O4.H2O/c1-7-9-5-11(19-3)12(20-4)6-10(9)13(14(18)15-7)16-8(2)17;/h5-6H,1-4H3,(H,15,18)(H,16,17);1H2. The number of benzene rings is 1. The highest BCUT2D eigenvalue weighted by Gasteiger charge is 2.16. The molecule has 0 unspecified atom stereocenters. The van der Waals surface area contributed by atoms with Crippen LogP contribution >= 0.6 is 0 Å². The number of methoxy groups -OCH3 is 2. The predicted octanol–water partition coefficient (Wildman–Crippen LogP) is 1.40. The lowest BCUT2D eigenvalue weighted by Gasteiger charge is -2.14. The van der Waals surface area contributed by atoms with Crippen LogP contribution in [0.25, 0.3) is 10.8 Å². The van der Waals surface area contributed by atoms with Crippen molar-refractivity contribution < 1.29 is 24.9 Å². The number of hydrogen-bond donors (Lipinski definition) is 2. The molecule has 1 amide bonds. The van der Waals surface area contributed by atoms with Crippen molar-refractivity contribution in [3.63, 3.8) is 0 Å². The molecule has 7 heteroatoms. The summed E-state index contributed by atoms with van der Waals surface area (Å²) in [6.07, 6.45) is 0. The minimum Gasteiger partial charge on any atom is -0.493 e. The third-order valence-electron chi connectivity index (χ3n) is 2.98. The Balaban J connectivity index is 0.00000220. The van der Waals surface area contributed by atoms with Gasteiger partial charge >= 0.3 is 0 Å². The van der Waals surface area contributed by atoms with Crippen LogP contribution in [0, 0.1) is 6.92 Å². The summed E-state index contributed by atoms with van der Waals surface area (Å²) in [6.45, 7) is 3.14. The second-order valence-electron chi connectivity index (χ2n) is 4.33. The average molecular weight is 294 g/mol. The number of carbonyl (C=O) groups excluding carboxylic acids is 1. The molecule has 0 atom stereocenters. The Morgan fingerprint density at radius 2 is 1.71 bits per heavy atom. The summed E-state index contributed by atoms with van der Waals surface area (Å²) in [4.78, 5) is 15.3. The molecule has 1 aromatic heterocycles. The largest absolute Gasteiger partial charge is 0.493 e. The number of aryl methyl sites for hydroxylation is 1. The smallest absolute Gasteiger partial charge is 0.236 e. The number of anilines is 1. The van der Waals surface area contributed by atoms with Crippen LogP contribution in [0.5, 0.6) is 17.4 Å². The minimum atomic E-state index is -0.290. The molecule has 0 aliphatic carbocycles. The van der Waals surface area contributed by atoms with E-state index < -0.39 is 0 Å². The van der Waals surface area contributed by atoms with Gasteiger partial charge in [-0.25, -0.2) is 4.98 Å². The number of nitrogens with zero attached hydrogens (tertiary/aromatic N) is 1. The molecule has 21 heavy (non-hydrogen) atoms. The van der Waals surface area contributed by atoms with Gasteiger partial charge in [0.2, 0.25) is 11.8 Å². The van der Waals surface area contributed by atoms with E-state index in [-0.39, 0.29) is 23.0 Å². The number of nitrogens with one attached hydrogen (secondary N) is 1. The van der Waals surface area contributed by atoms with Gasteiger partial charge in [-0.3, -0.25) is 4.79 Å². The van der Waals surface area contributed by atoms with E-state index in [9.17, 15) is 9.90 Å². The van der Waals surface area contributed by atoms with Gasteiger partial charge in [0.15, 0.2) is 11.5 Å². The van der Waals surface area contributed by atoms with Crippen LogP contribution in [0.4, 0.5) is 5.69 Å². The van der Waals surface area contributed by atoms with E-state index in [4.69, 9.17) is 9.47 Å². The van der Waals surface area contributed by atoms with Crippen molar-refractivity contribution in [3.8, 4) is 17.4 Å². The van der Waals surface area contributed by atoms with E-state index in [0.717, 1.165) is 5.39 Å². The highest BCUT2D eigenvalue weighted by Crippen LogP contribution is 2.39. The molecule has 0 saturated heterocycles. The Bertz CT molecular complexity index is 685. The molecule has 0 bridgehead atoms. The molecule has 0 fully saturated rings. The number of rotatable bonds is 3. The SMILES string of the molecule is COc1cc2c(C)nc(O)c(NC(C)=O)c2cc1OC.O. The van der Waals surface area contributed by atoms with E-state index in [1.54, 1.807) is 26.2 Å². The maximum atomic E-state index is 11.3. The van der Waals surface area contributed by atoms with Gasteiger partial charge in [0.1, 0.15) is 5.69 Å². The van der Waals surface area contributed by atoms with Crippen LogP contribution in [0.15, 0.2) is 12.1 Å². The van der Waals surface area contributed by atoms with Crippen molar-refractivity contribution in [2.75, 3.05) is 19.5 Å². The quantitative estimate of drug-likeness (QED) is 0.888. The van der Waals surface area contributed by atoms with Crippen LogP contribution < -0.4 is 14.8 Å². The number of carbonyl (C=O) groups is 1. The lowest BCUT2D eigenvalue weighted by molar-refractivity contribution is -0.114. The van der Waals surface area contributed by atoms with E-state index in [1.807, 2.05) is 0 Å². The Labute approximate surface area is 121 Å². The summed E-state index contributed by atoms with van der Waals surface area (Å²) in [7, 11) is 3.07. The van der Waals surface area contributed by atoms with Gasteiger partial charge in [0.05, 0.1) is 14.2 Å². The minimum absolute atomic E-state index is 0. The Kier molecular flexibility index (Phi) is 4.93. The highest BCUT2D eigenvalue weighted by atomic mass is 16.5. The average Bonchev–Trinajstić information content (AvgIpc) is 2.41. The predicted molar refractivity (Wildman–Crippen MR) is 79.2 cm³/mol. The number of ether oxygens (including phenoxy) is 2. The summed E-state index contributed by atoms with van der Waals surface area (Å²) in [5.74, 6) is 0.556. The zero-order valence-electron chi connectivity index (χ0n) is 12.3. The van der Waals surface area contributed by atoms with Gasteiger partial charge < -0.3 is 25.4 Å². The molecular formula is C14H18N2O5. The lowest BCUT2D eigenvalue weighted by Crippen LogP contribution is -2.07. The molecule has 114 valence electrons. The molecule has 4 N–H and O–H groups in total. The van der Waals surface area contributed by atoms with E-state index in [1.165, 1.54) is 14.0 Å². The van der Waals surface area contributed by atoms with Gasteiger partial charge in [-0.1, -0.05) is 0 Å². The lowest BCUT2D eigenvalue weighted by atomic mass is 10.1. The summed E-state index contributed by atoms with van der Waals surface area (Å²) in [5.41, 5.74) is 0.895. The van der Waals surface area contributed by atoms with Gasteiger partial charge in [-0.05, 0) is 19.1 Å². The summed E-state index contributed by atoms with van der Waals surface area (Å²) in [6, 6.07) is 3.47. The molecule has 2 aromatic rings. The van der Waals surface area contributed by atoms with Crippen molar-refractivity contribution in [1.29, 1.82) is 0 Å². The molecule has 0 spiro atoms. The van der Waals surface area contributed by atoms with E-state index >= 15 is 0 Å². The van der Waals surface area contributed by atoms with Gasteiger partial charge in [-0.15, -0.1) is 0 Å². The van der Waals surface area contributed by atoms with Gasteiger partial charge in [-0.2, -0.15) is 0 Å². The number of hydrogen-bond acceptors (Lipinski definition) is 5. The summed E-state index contributed by atoms with van der Waals surface area (Å²) >= 11 is 0. The second kappa shape index (κ2) is 6.27. The molecular weight excluding hydrogens is 276 g/mol. The van der Waals surface area contributed by atoms with Crippen molar-refractivity contribution in [2.24, 2.45) is 0 Å². The third kappa shape index (κ3) is 2.97. The van der Waals surface area contributed by atoms with Gasteiger partial charge in [0, 0.05) is 23.4 Å². The maximum absolute atomic E-state index is 11.3. The topological polar surface area (TPSA) is 112 Å². The fraction of sp³-hybridized carbons (Fsp3) is 0.286. The molecule has 0 aliphatic rings. The fourth-order valence-corrected chi connectivity index (χ4v) is 2.08. The van der Waals surface area contributed by atoms with Crippen LogP contribution in [0.1, 0.15) is 12.6 Å². The molecule has 1 aromatic carbocycles. The fourth-order valence-electron chi connectivity index (χ4n) is 2.08. The zero-order valence-corrected chi connectivity index (χ0v) is 12.3.